The molecule has 0 radical (unpaired) electrons. The third kappa shape index (κ3) is 4.20. The van der Waals surface area contributed by atoms with Gasteiger partial charge in [-0.25, -0.2) is 9.97 Å². The zero-order valence-electron chi connectivity index (χ0n) is 14.3. The van der Waals surface area contributed by atoms with E-state index in [1.54, 1.807) is 24.4 Å². The van der Waals surface area contributed by atoms with Crippen LogP contribution in [0.2, 0.25) is 5.02 Å². The average Bonchev–Trinajstić information content (AvgIpc) is 2.63. The number of anilines is 2. The molecular formula is C18H21ClN4O2. The summed E-state index contributed by atoms with van der Waals surface area (Å²) in [4.78, 5) is 23.3. The summed E-state index contributed by atoms with van der Waals surface area (Å²) in [5.74, 6) is 1.74. The average molecular weight is 361 g/mol. The predicted octanol–water partition coefficient (Wildman–Crippen LogP) is 3.63. The lowest BCUT2D eigenvalue weighted by atomic mass is 9.99. The van der Waals surface area contributed by atoms with Crippen molar-refractivity contribution in [2.45, 2.75) is 19.8 Å². The number of carbonyl (C=O) groups excluding carboxylic acids is 1. The minimum atomic E-state index is -0.355. The van der Waals surface area contributed by atoms with Crippen molar-refractivity contribution in [2.75, 3.05) is 30.4 Å². The molecule has 0 aliphatic carbocycles. The molecule has 0 atom stereocenters. The quantitative estimate of drug-likeness (QED) is 0.901. The number of methoxy groups -OCH3 is 1. The summed E-state index contributed by atoms with van der Waals surface area (Å²) in [6.07, 6.45) is 5.46. The van der Waals surface area contributed by atoms with Crippen LogP contribution in [0.15, 0.2) is 30.6 Å². The Labute approximate surface area is 152 Å². The van der Waals surface area contributed by atoms with Gasteiger partial charge >= 0.3 is 0 Å². The molecule has 1 amide bonds. The van der Waals surface area contributed by atoms with E-state index < -0.39 is 0 Å². The second-order valence-corrected chi connectivity index (χ2v) is 6.66. The maximum absolute atomic E-state index is 12.4. The molecule has 132 valence electrons. The van der Waals surface area contributed by atoms with Crippen LogP contribution in [0.5, 0.6) is 5.75 Å². The molecule has 2 aromatic rings. The molecule has 1 aliphatic rings. The highest BCUT2D eigenvalue weighted by Gasteiger charge is 2.18. The number of halogens is 1. The first-order chi connectivity index (χ1) is 12.1. The number of amides is 1. The molecule has 1 saturated heterocycles. The minimum Gasteiger partial charge on any atom is -0.495 e. The number of hydrogen-bond acceptors (Lipinski definition) is 5. The standard InChI is InChI=1S/C18H21ClN4O2/c1-12-5-7-23(8-6-12)17-11-20-15(10-21-17)18(24)22-14-9-13(19)3-4-16(14)25-2/h3-4,9-12H,5-8H2,1-2H3,(H,22,24). The third-order valence-corrected chi connectivity index (χ3v) is 4.62. The topological polar surface area (TPSA) is 67.3 Å². The number of carbonyl (C=O) groups is 1. The lowest BCUT2D eigenvalue weighted by Crippen LogP contribution is -2.33. The van der Waals surface area contributed by atoms with E-state index in [9.17, 15) is 4.79 Å². The van der Waals surface area contributed by atoms with E-state index in [0.717, 1.165) is 37.7 Å². The van der Waals surface area contributed by atoms with Crippen LogP contribution in [0.3, 0.4) is 0 Å². The third-order valence-electron chi connectivity index (χ3n) is 4.39. The highest BCUT2D eigenvalue weighted by molar-refractivity contribution is 6.31. The molecule has 1 fully saturated rings. The van der Waals surface area contributed by atoms with E-state index in [1.807, 2.05) is 0 Å². The molecule has 0 unspecified atom stereocenters. The van der Waals surface area contributed by atoms with Crippen molar-refractivity contribution in [1.82, 2.24) is 9.97 Å². The first-order valence-electron chi connectivity index (χ1n) is 8.28. The van der Waals surface area contributed by atoms with Crippen LogP contribution in [-0.2, 0) is 0 Å². The van der Waals surface area contributed by atoms with Crippen LogP contribution in [0, 0.1) is 5.92 Å². The molecule has 1 N–H and O–H groups in total. The summed E-state index contributed by atoms with van der Waals surface area (Å²) in [5, 5.41) is 3.27. The lowest BCUT2D eigenvalue weighted by Gasteiger charge is -2.30. The number of benzene rings is 1. The number of piperidine rings is 1. The Morgan fingerprint density at radius 2 is 2.04 bits per heavy atom. The second kappa shape index (κ2) is 7.70. The van der Waals surface area contributed by atoms with Gasteiger partial charge in [0, 0.05) is 18.1 Å². The van der Waals surface area contributed by atoms with E-state index in [-0.39, 0.29) is 11.6 Å². The summed E-state index contributed by atoms with van der Waals surface area (Å²) >= 11 is 5.98. The van der Waals surface area contributed by atoms with Gasteiger partial charge in [-0.05, 0) is 37.0 Å². The number of ether oxygens (including phenoxy) is 1. The highest BCUT2D eigenvalue weighted by Crippen LogP contribution is 2.28. The van der Waals surface area contributed by atoms with E-state index in [1.165, 1.54) is 13.3 Å². The van der Waals surface area contributed by atoms with Gasteiger partial charge in [0.25, 0.3) is 5.91 Å². The molecule has 7 heteroatoms. The molecule has 6 nitrogen and oxygen atoms in total. The van der Waals surface area contributed by atoms with Crippen LogP contribution < -0.4 is 15.0 Å². The minimum absolute atomic E-state index is 0.246. The lowest BCUT2D eigenvalue weighted by molar-refractivity contribution is 0.102. The summed E-state index contributed by atoms with van der Waals surface area (Å²) in [5.41, 5.74) is 0.743. The molecule has 1 aromatic carbocycles. The Morgan fingerprint density at radius 3 is 2.68 bits per heavy atom. The number of aromatic nitrogens is 2. The first-order valence-corrected chi connectivity index (χ1v) is 8.66. The number of rotatable bonds is 4. The largest absolute Gasteiger partial charge is 0.495 e. The molecule has 2 heterocycles. The van der Waals surface area contributed by atoms with Gasteiger partial charge < -0.3 is 15.0 Å². The van der Waals surface area contributed by atoms with E-state index in [4.69, 9.17) is 16.3 Å². The molecular weight excluding hydrogens is 340 g/mol. The van der Waals surface area contributed by atoms with Gasteiger partial charge in [-0.3, -0.25) is 4.79 Å². The van der Waals surface area contributed by atoms with Crippen LogP contribution in [-0.4, -0.2) is 36.1 Å². The SMILES string of the molecule is COc1ccc(Cl)cc1NC(=O)c1cnc(N2CCC(C)CC2)cn1. The summed E-state index contributed by atoms with van der Waals surface area (Å²) in [7, 11) is 1.53. The van der Waals surface area contributed by atoms with Crippen LogP contribution in [0.4, 0.5) is 11.5 Å². The first kappa shape index (κ1) is 17.5. The molecule has 25 heavy (non-hydrogen) atoms. The molecule has 0 spiro atoms. The van der Waals surface area contributed by atoms with E-state index in [2.05, 4.69) is 27.1 Å². The smallest absolute Gasteiger partial charge is 0.275 e. The van der Waals surface area contributed by atoms with Gasteiger partial charge in [-0.1, -0.05) is 18.5 Å². The molecule has 3 rings (SSSR count). The van der Waals surface area contributed by atoms with Crippen molar-refractivity contribution >= 4 is 29.0 Å². The number of nitrogens with one attached hydrogen (secondary N) is 1. The second-order valence-electron chi connectivity index (χ2n) is 6.23. The Balaban J connectivity index is 1.70. The van der Waals surface area contributed by atoms with Crippen molar-refractivity contribution in [1.29, 1.82) is 0 Å². The van der Waals surface area contributed by atoms with Crippen LogP contribution in [0.1, 0.15) is 30.3 Å². The maximum Gasteiger partial charge on any atom is 0.275 e. The maximum atomic E-state index is 12.4. The van der Waals surface area contributed by atoms with Crippen molar-refractivity contribution < 1.29 is 9.53 Å². The van der Waals surface area contributed by atoms with Gasteiger partial charge in [0.1, 0.15) is 17.3 Å². The number of nitrogens with zero attached hydrogens (tertiary/aromatic N) is 3. The predicted molar refractivity (Wildman–Crippen MR) is 98.6 cm³/mol. The summed E-state index contributed by atoms with van der Waals surface area (Å²) < 4.78 is 5.23. The van der Waals surface area contributed by atoms with Crippen molar-refractivity contribution in [3.63, 3.8) is 0 Å². The number of hydrogen-bond donors (Lipinski definition) is 1. The van der Waals surface area contributed by atoms with E-state index in [0.29, 0.717) is 16.5 Å². The van der Waals surface area contributed by atoms with Gasteiger partial charge in [0.15, 0.2) is 0 Å². The Bertz CT molecular complexity index is 743. The Hall–Kier alpha value is -2.34. The Morgan fingerprint density at radius 1 is 1.28 bits per heavy atom. The zero-order chi connectivity index (χ0) is 17.8. The van der Waals surface area contributed by atoms with Gasteiger partial charge in [0.2, 0.25) is 0 Å². The van der Waals surface area contributed by atoms with Gasteiger partial charge in [-0.15, -0.1) is 0 Å². The fourth-order valence-corrected chi connectivity index (χ4v) is 2.98. The van der Waals surface area contributed by atoms with Crippen LogP contribution in [0.25, 0.3) is 0 Å². The van der Waals surface area contributed by atoms with Gasteiger partial charge in [0.05, 0.1) is 25.2 Å². The molecule has 0 saturated carbocycles. The van der Waals surface area contributed by atoms with Crippen molar-refractivity contribution in [3.05, 3.63) is 41.3 Å². The van der Waals surface area contributed by atoms with Crippen molar-refractivity contribution in [2.24, 2.45) is 5.92 Å². The zero-order valence-corrected chi connectivity index (χ0v) is 15.1. The fraction of sp³-hybridized carbons (Fsp3) is 0.389. The molecule has 0 bridgehead atoms. The van der Waals surface area contributed by atoms with Crippen LogP contribution >= 0.6 is 11.6 Å². The normalized spacial score (nSPS) is 15.1. The highest BCUT2D eigenvalue weighted by atomic mass is 35.5. The van der Waals surface area contributed by atoms with Crippen molar-refractivity contribution in [3.8, 4) is 5.75 Å². The molecule has 1 aromatic heterocycles. The van der Waals surface area contributed by atoms with E-state index >= 15 is 0 Å². The fourth-order valence-electron chi connectivity index (χ4n) is 2.80. The summed E-state index contributed by atoms with van der Waals surface area (Å²) in [6.45, 7) is 4.21. The molecule has 1 aliphatic heterocycles. The monoisotopic (exact) mass is 360 g/mol. The Kier molecular flexibility index (Phi) is 5.38. The van der Waals surface area contributed by atoms with Gasteiger partial charge in [-0.2, -0.15) is 0 Å². The summed E-state index contributed by atoms with van der Waals surface area (Å²) in [6, 6.07) is 5.03.